The molecule has 4 rings (SSSR count). The Bertz CT molecular complexity index is 1340. The maximum absolute atomic E-state index is 13.2. The zero-order valence-corrected chi connectivity index (χ0v) is 21.0. The molecular formula is C28H26ClN3O6. The van der Waals surface area contributed by atoms with E-state index in [4.69, 9.17) is 16.3 Å². The Morgan fingerprint density at radius 3 is 2.32 bits per heavy atom. The van der Waals surface area contributed by atoms with Gasteiger partial charge in [-0.15, -0.1) is 0 Å². The first kappa shape index (κ1) is 26.7. The second kappa shape index (κ2) is 12.2. The molecule has 0 radical (unpaired) electrons. The number of rotatable bonds is 10. The second-order valence-electron chi connectivity index (χ2n) is 8.90. The highest BCUT2D eigenvalue weighted by Crippen LogP contribution is 2.33. The van der Waals surface area contributed by atoms with E-state index >= 15 is 0 Å². The molecule has 1 saturated carbocycles. The maximum Gasteiger partial charge on any atom is 0.337 e. The second-order valence-corrected chi connectivity index (χ2v) is 9.34. The normalized spacial score (nSPS) is 13.2. The fourth-order valence-electron chi connectivity index (χ4n) is 3.68. The van der Waals surface area contributed by atoms with E-state index in [0.29, 0.717) is 23.3 Å². The van der Waals surface area contributed by atoms with E-state index < -0.39 is 29.7 Å². The molecule has 0 aliphatic heterocycles. The van der Waals surface area contributed by atoms with Gasteiger partial charge in [0.15, 0.2) is 0 Å². The molecule has 1 atom stereocenters. The van der Waals surface area contributed by atoms with Crippen LogP contribution in [0.3, 0.4) is 0 Å². The van der Waals surface area contributed by atoms with Crippen molar-refractivity contribution in [2.45, 2.75) is 25.3 Å². The van der Waals surface area contributed by atoms with Crippen LogP contribution in [-0.4, -0.2) is 41.4 Å². The Balaban J connectivity index is 1.49. The largest absolute Gasteiger partial charge is 0.491 e. The lowest BCUT2D eigenvalue weighted by atomic mass is 10.0. The average molecular weight is 536 g/mol. The van der Waals surface area contributed by atoms with Crippen LogP contribution in [0.1, 0.15) is 28.8 Å². The topological polar surface area (TPSA) is 134 Å². The first-order chi connectivity index (χ1) is 18.3. The molecule has 1 aliphatic rings. The van der Waals surface area contributed by atoms with Gasteiger partial charge in [-0.2, -0.15) is 0 Å². The Kier molecular flexibility index (Phi) is 8.60. The van der Waals surface area contributed by atoms with Gasteiger partial charge in [-0.05, 0) is 54.7 Å². The summed E-state index contributed by atoms with van der Waals surface area (Å²) in [7, 11) is 0. The molecule has 1 unspecified atom stereocenters. The molecule has 0 saturated heterocycles. The van der Waals surface area contributed by atoms with Crippen molar-refractivity contribution >= 4 is 46.7 Å². The third-order valence-corrected chi connectivity index (χ3v) is 6.12. The molecule has 0 aromatic heterocycles. The third kappa shape index (κ3) is 7.33. The van der Waals surface area contributed by atoms with E-state index in [-0.39, 0.29) is 23.4 Å². The highest BCUT2D eigenvalue weighted by atomic mass is 35.5. The molecule has 38 heavy (non-hydrogen) atoms. The number of anilines is 2. The van der Waals surface area contributed by atoms with Crippen molar-refractivity contribution in [1.82, 2.24) is 5.32 Å². The van der Waals surface area contributed by atoms with Crippen molar-refractivity contribution in [3.8, 4) is 5.75 Å². The van der Waals surface area contributed by atoms with Crippen LogP contribution < -0.4 is 20.7 Å². The van der Waals surface area contributed by atoms with E-state index in [1.165, 1.54) is 24.3 Å². The van der Waals surface area contributed by atoms with Crippen LogP contribution in [0.2, 0.25) is 5.02 Å². The van der Waals surface area contributed by atoms with Crippen LogP contribution in [0.4, 0.5) is 11.4 Å². The fraction of sp³-hybridized carbons (Fsp3) is 0.214. The molecule has 0 heterocycles. The summed E-state index contributed by atoms with van der Waals surface area (Å²) in [6.07, 6.45) is 2.23. The summed E-state index contributed by atoms with van der Waals surface area (Å²) in [4.78, 5) is 50.4. The molecule has 0 spiro atoms. The molecule has 10 heteroatoms. The summed E-state index contributed by atoms with van der Waals surface area (Å²) in [5, 5.41) is 17.3. The van der Waals surface area contributed by atoms with E-state index in [9.17, 15) is 24.3 Å². The van der Waals surface area contributed by atoms with Gasteiger partial charge < -0.3 is 25.8 Å². The predicted molar refractivity (Wildman–Crippen MR) is 142 cm³/mol. The van der Waals surface area contributed by atoms with Crippen molar-refractivity contribution in [2.75, 3.05) is 17.2 Å². The number of halogens is 1. The quantitative estimate of drug-likeness (QED) is 0.288. The van der Waals surface area contributed by atoms with Gasteiger partial charge in [-0.3, -0.25) is 14.4 Å². The summed E-state index contributed by atoms with van der Waals surface area (Å²) in [6, 6.07) is 18.3. The number of carboxylic acids is 1. The van der Waals surface area contributed by atoms with Crippen molar-refractivity contribution < 1.29 is 29.0 Å². The van der Waals surface area contributed by atoms with Gasteiger partial charge in [0.2, 0.25) is 5.91 Å². The Hall–Kier alpha value is -4.37. The number of ether oxygens (including phenoxy) is 1. The Morgan fingerprint density at radius 2 is 1.61 bits per heavy atom. The maximum atomic E-state index is 13.2. The molecule has 9 nitrogen and oxygen atoms in total. The zero-order chi connectivity index (χ0) is 27.1. The fourth-order valence-corrected chi connectivity index (χ4v) is 3.85. The molecular weight excluding hydrogens is 510 g/mol. The highest BCUT2D eigenvalue weighted by molar-refractivity contribution is 6.40. The SMILES string of the molecule is O=C(Nc1cc(Cl)ccc1OCC1CC1)C(=O)NC(Cc1ccccc1)C(=O)Nc1ccccc1C(=O)O. The van der Waals surface area contributed by atoms with Crippen LogP contribution in [-0.2, 0) is 20.8 Å². The molecule has 0 bridgehead atoms. The van der Waals surface area contributed by atoms with Gasteiger partial charge in [0, 0.05) is 11.4 Å². The van der Waals surface area contributed by atoms with Crippen LogP contribution in [0.25, 0.3) is 0 Å². The number of carbonyl (C=O) groups is 4. The zero-order valence-electron chi connectivity index (χ0n) is 20.3. The standard InChI is InChI=1S/C28H26ClN3O6/c29-19-12-13-24(38-16-18-10-11-18)22(15-19)31-26(34)27(35)32-23(14-17-6-2-1-3-7-17)25(33)30-21-9-5-4-8-20(21)28(36)37/h1-9,12-13,15,18,23H,10-11,14,16H2,(H,30,33)(H,31,34)(H,32,35)(H,36,37). The van der Waals surface area contributed by atoms with E-state index in [1.807, 2.05) is 6.07 Å². The average Bonchev–Trinajstić information content (AvgIpc) is 3.73. The van der Waals surface area contributed by atoms with Crippen LogP contribution in [0, 0.1) is 5.92 Å². The molecule has 3 aromatic rings. The van der Waals surface area contributed by atoms with E-state index in [2.05, 4.69) is 16.0 Å². The number of aromatic carboxylic acids is 1. The van der Waals surface area contributed by atoms with Gasteiger partial charge in [-0.1, -0.05) is 54.1 Å². The lowest BCUT2D eigenvalue weighted by Gasteiger charge is -2.19. The van der Waals surface area contributed by atoms with E-state index in [0.717, 1.165) is 18.4 Å². The molecule has 4 N–H and O–H groups in total. The summed E-state index contributed by atoms with van der Waals surface area (Å²) >= 11 is 6.08. The smallest absolute Gasteiger partial charge is 0.337 e. The minimum atomic E-state index is -1.22. The lowest BCUT2D eigenvalue weighted by Crippen LogP contribution is -2.49. The monoisotopic (exact) mass is 535 g/mol. The number of hydrogen-bond donors (Lipinski definition) is 4. The highest BCUT2D eigenvalue weighted by Gasteiger charge is 2.27. The molecule has 3 amide bonds. The molecule has 1 fully saturated rings. The first-order valence-electron chi connectivity index (χ1n) is 12.0. The minimum Gasteiger partial charge on any atom is -0.491 e. The van der Waals surface area contributed by atoms with E-state index in [1.54, 1.807) is 42.5 Å². The number of nitrogens with one attached hydrogen (secondary N) is 3. The Morgan fingerprint density at radius 1 is 0.895 bits per heavy atom. The summed E-state index contributed by atoms with van der Waals surface area (Å²) in [5.74, 6) is -3.11. The summed E-state index contributed by atoms with van der Waals surface area (Å²) < 4.78 is 5.77. The van der Waals surface area contributed by atoms with Crippen LogP contribution in [0.5, 0.6) is 5.75 Å². The lowest BCUT2D eigenvalue weighted by molar-refractivity contribution is -0.137. The number of para-hydroxylation sites is 1. The van der Waals surface area contributed by atoms with Crippen molar-refractivity contribution in [1.29, 1.82) is 0 Å². The van der Waals surface area contributed by atoms with Gasteiger partial charge >= 0.3 is 17.8 Å². The number of benzene rings is 3. The third-order valence-electron chi connectivity index (χ3n) is 5.89. The van der Waals surface area contributed by atoms with Crippen molar-refractivity contribution in [3.05, 3.63) is 88.9 Å². The minimum absolute atomic E-state index is 0.0633. The number of carboxylic acid groups (broad SMARTS) is 1. The number of hydrogen-bond acceptors (Lipinski definition) is 5. The van der Waals surface area contributed by atoms with Gasteiger partial charge in [0.25, 0.3) is 0 Å². The molecule has 3 aromatic carbocycles. The van der Waals surface area contributed by atoms with Gasteiger partial charge in [0.1, 0.15) is 11.8 Å². The Labute approximate surface area is 224 Å². The first-order valence-corrected chi connectivity index (χ1v) is 12.4. The van der Waals surface area contributed by atoms with Crippen LogP contribution in [0.15, 0.2) is 72.8 Å². The summed E-state index contributed by atoms with van der Waals surface area (Å²) in [6.45, 7) is 0.494. The van der Waals surface area contributed by atoms with Crippen molar-refractivity contribution in [3.63, 3.8) is 0 Å². The summed E-state index contributed by atoms with van der Waals surface area (Å²) in [5.41, 5.74) is 0.921. The number of carbonyl (C=O) groups excluding carboxylic acids is 3. The van der Waals surface area contributed by atoms with Gasteiger partial charge in [-0.25, -0.2) is 4.79 Å². The molecule has 196 valence electrons. The van der Waals surface area contributed by atoms with Gasteiger partial charge in [0.05, 0.1) is 23.5 Å². The molecule has 1 aliphatic carbocycles. The number of amides is 3. The van der Waals surface area contributed by atoms with Crippen LogP contribution >= 0.6 is 11.6 Å². The van der Waals surface area contributed by atoms with Crippen molar-refractivity contribution in [2.24, 2.45) is 5.92 Å². The predicted octanol–water partition coefficient (Wildman–Crippen LogP) is 4.13.